The maximum Gasteiger partial charge on any atom is 0.224 e. The first-order valence-electron chi connectivity index (χ1n) is 8.09. The maximum absolute atomic E-state index is 12.1. The topological polar surface area (TPSA) is 94.5 Å². The molecule has 0 unspecified atom stereocenters. The van der Waals surface area contributed by atoms with Gasteiger partial charge in [-0.25, -0.2) is 4.98 Å². The van der Waals surface area contributed by atoms with Crippen molar-refractivity contribution in [2.45, 2.75) is 26.4 Å². The van der Waals surface area contributed by atoms with E-state index in [1.165, 1.54) is 0 Å². The van der Waals surface area contributed by atoms with Crippen LogP contribution in [0.3, 0.4) is 0 Å². The number of aryl methyl sites for hydroxylation is 2. The molecule has 3 rings (SSSR count). The summed E-state index contributed by atoms with van der Waals surface area (Å²) in [5.41, 5.74) is 8.80. The largest absolute Gasteiger partial charge is 0.368 e. The number of amides is 1. The number of pyridine rings is 1. The van der Waals surface area contributed by atoms with E-state index in [-0.39, 0.29) is 12.0 Å². The van der Waals surface area contributed by atoms with E-state index in [2.05, 4.69) is 5.16 Å². The molecule has 0 radical (unpaired) electrons. The quantitative estimate of drug-likeness (QED) is 0.915. The Hall–Kier alpha value is -2.25. The highest BCUT2D eigenvalue weighted by atomic mass is 16.5. The first-order chi connectivity index (χ1) is 11.6. The number of ether oxygens (including phenoxy) is 1. The standard InChI is InChI=1S/C17H22N4O3/c1-11-17(12(2)24-20-11)14-5-3-4-13(19-14)15-10-21(8-9-23-15)16(22)6-7-18/h3-5,15H,6-10,18H2,1-2H3/t15-/m1/s1. The number of nitrogens with two attached hydrogens (primary N) is 1. The van der Waals surface area contributed by atoms with Gasteiger partial charge < -0.3 is 19.9 Å². The summed E-state index contributed by atoms with van der Waals surface area (Å²) in [7, 11) is 0. The van der Waals surface area contributed by atoms with Gasteiger partial charge in [-0.15, -0.1) is 0 Å². The molecular formula is C17H22N4O3. The van der Waals surface area contributed by atoms with E-state index < -0.39 is 0 Å². The maximum atomic E-state index is 12.1. The zero-order chi connectivity index (χ0) is 17.1. The number of nitrogens with zero attached hydrogens (tertiary/aromatic N) is 3. The van der Waals surface area contributed by atoms with E-state index in [9.17, 15) is 4.79 Å². The Labute approximate surface area is 140 Å². The minimum Gasteiger partial charge on any atom is -0.368 e. The molecule has 24 heavy (non-hydrogen) atoms. The summed E-state index contributed by atoms with van der Waals surface area (Å²) in [6, 6.07) is 5.78. The minimum absolute atomic E-state index is 0.0627. The number of hydrogen-bond donors (Lipinski definition) is 1. The van der Waals surface area contributed by atoms with Crippen molar-refractivity contribution in [3.8, 4) is 11.3 Å². The van der Waals surface area contributed by atoms with E-state index in [1.54, 1.807) is 4.90 Å². The highest BCUT2D eigenvalue weighted by Gasteiger charge is 2.26. The Balaban J connectivity index is 1.82. The molecule has 0 bridgehead atoms. The van der Waals surface area contributed by atoms with Crippen molar-refractivity contribution in [3.63, 3.8) is 0 Å². The number of hydrogen-bond acceptors (Lipinski definition) is 6. The molecule has 2 aromatic heterocycles. The second-order valence-electron chi connectivity index (χ2n) is 5.88. The van der Waals surface area contributed by atoms with Gasteiger partial charge >= 0.3 is 0 Å². The van der Waals surface area contributed by atoms with Crippen LogP contribution in [0.5, 0.6) is 0 Å². The Bertz CT molecular complexity index is 709. The van der Waals surface area contributed by atoms with Gasteiger partial charge in [0.15, 0.2) is 0 Å². The summed E-state index contributed by atoms with van der Waals surface area (Å²) in [6.45, 7) is 5.72. The molecule has 1 aliphatic rings. The number of aromatic nitrogens is 2. The van der Waals surface area contributed by atoms with Crippen molar-refractivity contribution in [3.05, 3.63) is 35.3 Å². The highest BCUT2D eigenvalue weighted by molar-refractivity contribution is 5.76. The van der Waals surface area contributed by atoms with Gasteiger partial charge in [-0.05, 0) is 26.0 Å². The lowest BCUT2D eigenvalue weighted by Gasteiger charge is -2.32. The van der Waals surface area contributed by atoms with E-state index in [0.717, 1.165) is 28.4 Å². The molecule has 1 atom stereocenters. The summed E-state index contributed by atoms with van der Waals surface area (Å²) in [4.78, 5) is 18.6. The second-order valence-corrected chi connectivity index (χ2v) is 5.88. The van der Waals surface area contributed by atoms with E-state index in [0.29, 0.717) is 32.7 Å². The third-order valence-electron chi connectivity index (χ3n) is 4.17. The van der Waals surface area contributed by atoms with Gasteiger partial charge in [0.1, 0.15) is 11.9 Å². The lowest BCUT2D eigenvalue weighted by molar-refractivity contribution is -0.138. The van der Waals surface area contributed by atoms with Crippen LogP contribution in [0, 0.1) is 13.8 Å². The Morgan fingerprint density at radius 1 is 1.42 bits per heavy atom. The fraction of sp³-hybridized carbons (Fsp3) is 0.471. The normalized spacial score (nSPS) is 18.0. The molecule has 0 aliphatic carbocycles. The van der Waals surface area contributed by atoms with Crippen molar-refractivity contribution < 1.29 is 14.1 Å². The van der Waals surface area contributed by atoms with Gasteiger partial charge in [0.05, 0.1) is 35.8 Å². The number of morpholine rings is 1. The Morgan fingerprint density at radius 2 is 2.25 bits per heavy atom. The van der Waals surface area contributed by atoms with Crippen LogP contribution in [-0.2, 0) is 9.53 Å². The molecule has 1 fully saturated rings. The summed E-state index contributed by atoms with van der Waals surface area (Å²) >= 11 is 0. The first kappa shape index (κ1) is 16.6. The van der Waals surface area contributed by atoms with Gasteiger partial charge in [0.25, 0.3) is 0 Å². The minimum atomic E-state index is -0.235. The van der Waals surface area contributed by atoms with Crippen LogP contribution in [0.1, 0.15) is 29.7 Å². The van der Waals surface area contributed by atoms with Crippen LogP contribution in [-0.4, -0.2) is 47.2 Å². The third-order valence-corrected chi connectivity index (χ3v) is 4.17. The van der Waals surface area contributed by atoms with Crippen molar-refractivity contribution in [2.75, 3.05) is 26.2 Å². The van der Waals surface area contributed by atoms with Crippen LogP contribution in [0.15, 0.2) is 22.7 Å². The molecule has 0 saturated carbocycles. The SMILES string of the molecule is Cc1noc(C)c1-c1cccc([C@H]2CN(C(=O)CCN)CCO2)n1. The molecule has 128 valence electrons. The van der Waals surface area contributed by atoms with Crippen LogP contribution in [0.25, 0.3) is 11.3 Å². The van der Waals surface area contributed by atoms with Crippen LogP contribution in [0.4, 0.5) is 0 Å². The molecule has 1 aliphatic heterocycles. The van der Waals surface area contributed by atoms with Gasteiger partial charge in [-0.2, -0.15) is 0 Å². The predicted octanol–water partition coefficient (Wildman–Crippen LogP) is 1.60. The summed E-state index contributed by atoms with van der Waals surface area (Å²) in [5.74, 6) is 0.800. The van der Waals surface area contributed by atoms with Gasteiger partial charge in [0.2, 0.25) is 5.91 Å². The second kappa shape index (κ2) is 7.11. The molecule has 0 spiro atoms. The molecule has 1 amide bonds. The zero-order valence-electron chi connectivity index (χ0n) is 14.0. The number of rotatable bonds is 4. The van der Waals surface area contributed by atoms with Crippen molar-refractivity contribution in [1.82, 2.24) is 15.0 Å². The van der Waals surface area contributed by atoms with Crippen molar-refractivity contribution in [2.24, 2.45) is 5.73 Å². The van der Waals surface area contributed by atoms with Crippen molar-refractivity contribution >= 4 is 5.91 Å². The Morgan fingerprint density at radius 3 is 2.96 bits per heavy atom. The molecule has 7 heteroatoms. The lowest BCUT2D eigenvalue weighted by Crippen LogP contribution is -2.43. The fourth-order valence-electron chi connectivity index (χ4n) is 2.96. The lowest BCUT2D eigenvalue weighted by atomic mass is 10.1. The molecule has 2 aromatic rings. The van der Waals surface area contributed by atoms with Crippen LogP contribution >= 0.6 is 0 Å². The summed E-state index contributed by atoms with van der Waals surface area (Å²) in [6.07, 6.45) is 0.125. The van der Waals surface area contributed by atoms with Crippen LogP contribution in [0.2, 0.25) is 0 Å². The highest BCUT2D eigenvalue weighted by Crippen LogP contribution is 2.28. The third kappa shape index (κ3) is 3.32. The molecule has 0 aromatic carbocycles. The zero-order valence-corrected chi connectivity index (χ0v) is 14.0. The Kier molecular flexibility index (Phi) is 4.92. The average molecular weight is 330 g/mol. The number of carbonyl (C=O) groups excluding carboxylic acids is 1. The summed E-state index contributed by atoms with van der Waals surface area (Å²) in [5, 5.41) is 3.98. The smallest absolute Gasteiger partial charge is 0.224 e. The van der Waals surface area contributed by atoms with Gasteiger partial charge in [-0.1, -0.05) is 11.2 Å². The summed E-state index contributed by atoms with van der Waals surface area (Å²) < 4.78 is 11.1. The fourth-order valence-corrected chi connectivity index (χ4v) is 2.96. The predicted molar refractivity (Wildman–Crippen MR) is 88.2 cm³/mol. The van der Waals surface area contributed by atoms with E-state index in [4.69, 9.17) is 20.0 Å². The molecular weight excluding hydrogens is 308 g/mol. The molecule has 2 N–H and O–H groups in total. The van der Waals surface area contributed by atoms with E-state index >= 15 is 0 Å². The van der Waals surface area contributed by atoms with Crippen LogP contribution < -0.4 is 5.73 Å². The number of carbonyl (C=O) groups is 1. The molecule has 7 nitrogen and oxygen atoms in total. The molecule has 1 saturated heterocycles. The molecule has 3 heterocycles. The monoisotopic (exact) mass is 330 g/mol. The van der Waals surface area contributed by atoms with Gasteiger partial charge in [0, 0.05) is 19.5 Å². The van der Waals surface area contributed by atoms with E-state index in [1.807, 2.05) is 32.0 Å². The first-order valence-corrected chi connectivity index (χ1v) is 8.09. The average Bonchev–Trinajstić information content (AvgIpc) is 2.94. The van der Waals surface area contributed by atoms with Gasteiger partial charge in [-0.3, -0.25) is 4.79 Å². The van der Waals surface area contributed by atoms with Crippen molar-refractivity contribution in [1.29, 1.82) is 0 Å².